The first-order valence-corrected chi connectivity index (χ1v) is 8.48. The van der Waals surface area contributed by atoms with Gasteiger partial charge in [-0.3, -0.25) is 9.69 Å². The molecule has 2 aliphatic heterocycles. The van der Waals surface area contributed by atoms with Crippen LogP contribution in [0, 0.1) is 0 Å². The summed E-state index contributed by atoms with van der Waals surface area (Å²) in [5.74, 6) is -1.45. The zero-order valence-corrected chi connectivity index (χ0v) is 15.5. The van der Waals surface area contributed by atoms with Gasteiger partial charge in [-0.25, -0.2) is 9.59 Å². The Morgan fingerprint density at radius 2 is 1.96 bits per heavy atom. The molecule has 1 aromatic rings. The van der Waals surface area contributed by atoms with Gasteiger partial charge >= 0.3 is 18.0 Å². The van der Waals surface area contributed by atoms with E-state index in [0.717, 1.165) is 4.90 Å². The van der Waals surface area contributed by atoms with Gasteiger partial charge in [0.2, 0.25) is 0 Å². The van der Waals surface area contributed by atoms with Crippen LogP contribution < -0.4 is 10.1 Å². The summed E-state index contributed by atoms with van der Waals surface area (Å²) in [7, 11) is 0. The number of hydrogen-bond donors (Lipinski definition) is 3. The normalized spacial score (nSPS) is 26.0. The molecule has 3 atom stereocenters. The van der Waals surface area contributed by atoms with E-state index in [1.807, 2.05) is 0 Å². The monoisotopic (exact) mass is 378 g/mol. The van der Waals surface area contributed by atoms with E-state index in [9.17, 15) is 24.6 Å². The minimum atomic E-state index is -1.61. The second-order valence-electron chi connectivity index (χ2n) is 7.72. The van der Waals surface area contributed by atoms with E-state index < -0.39 is 41.4 Å². The smallest absolute Gasteiger partial charge is 0.412 e. The second-order valence-corrected chi connectivity index (χ2v) is 7.72. The molecule has 9 nitrogen and oxygen atoms in total. The van der Waals surface area contributed by atoms with E-state index in [2.05, 4.69) is 5.32 Å². The Morgan fingerprint density at radius 3 is 2.52 bits per heavy atom. The van der Waals surface area contributed by atoms with Crippen LogP contribution in [0.15, 0.2) is 18.2 Å². The number of nitrogens with zero attached hydrogens (tertiary/aromatic N) is 1. The highest BCUT2D eigenvalue weighted by atomic mass is 16.6. The van der Waals surface area contributed by atoms with E-state index in [0.29, 0.717) is 11.3 Å². The third-order valence-electron chi connectivity index (χ3n) is 4.47. The molecule has 0 aromatic heterocycles. The number of benzene rings is 1. The Kier molecular flexibility index (Phi) is 4.30. The fourth-order valence-electron chi connectivity index (χ4n) is 3.51. The van der Waals surface area contributed by atoms with Crippen molar-refractivity contribution in [3.63, 3.8) is 0 Å². The van der Waals surface area contributed by atoms with Crippen molar-refractivity contribution in [2.75, 3.05) is 5.32 Å². The standard InChI is InChI=1S/C18H22N2O7/c1-9(21)26-10-5-6-11-12(7-10)19-15-18(11,25)8-13(14(22)23)20(15)16(24)27-17(2,3)4/h5-7,13,15,19,25H,8H2,1-4H3,(H,22,23). The molecule has 1 aromatic carbocycles. The first-order valence-electron chi connectivity index (χ1n) is 8.48. The first-order chi connectivity index (χ1) is 12.4. The largest absolute Gasteiger partial charge is 0.480 e. The van der Waals surface area contributed by atoms with Crippen molar-refractivity contribution >= 4 is 23.7 Å². The maximum absolute atomic E-state index is 12.6. The van der Waals surface area contributed by atoms with Gasteiger partial charge in [0.05, 0.1) is 0 Å². The lowest BCUT2D eigenvalue weighted by molar-refractivity contribution is -0.142. The molecule has 3 unspecified atom stereocenters. The van der Waals surface area contributed by atoms with Gasteiger partial charge in [0.1, 0.15) is 29.2 Å². The summed E-state index contributed by atoms with van der Waals surface area (Å²) >= 11 is 0. The molecule has 27 heavy (non-hydrogen) atoms. The van der Waals surface area contributed by atoms with Crippen molar-refractivity contribution in [3.05, 3.63) is 23.8 Å². The summed E-state index contributed by atoms with van der Waals surface area (Å²) in [5, 5.41) is 23.7. The van der Waals surface area contributed by atoms with E-state index >= 15 is 0 Å². The van der Waals surface area contributed by atoms with Crippen LogP contribution in [0.3, 0.4) is 0 Å². The van der Waals surface area contributed by atoms with Crippen molar-refractivity contribution in [1.29, 1.82) is 0 Å². The lowest BCUT2D eigenvalue weighted by Crippen LogP contribution is -2.51. The summed E-state index contributed by atoms with van der Waals surface area (Å²) in [6, 6.07) is 3.34. The average molecular weight is 378 g/mol. The Hall–Kier alpha value is -2.81. The number of aliphatic hydroxyl groups is 1. The Morgan fingerprint density at radius 1 is 1.30 bits per heavy atom. The van der Waals surface area contributed by atoms with Crippen LogP contribution >= 0.6 is 0 Å². The van der Waals surface area contributed by atoms with Crippen molar-refractivity contribution in [3.8, 4) is 5.75 Å². The molecule has 0 saturated carbocycles. The van der Waals surface area contributed by atoms with Gasteiger partial charge in [0, 0.05) is 30.7 Å². The maximum atomic E-state index is 12.6. The number of anilines is 1. The van der Waals surface area contributed by atoms with E-state index in [4.69, 9.17) is 9.47 Å². The zero-order valence-electron chi connectivity index (χ0n) is 15.5. The molecule has 0 radical (unpaired) electrons. The molecule has 1 saturated heterocycles. The molecule has 146 valence electrons. The number of rotatable bonds is 2. The molecule has 3 rings (SSSR count). The van der Waals surface area contributed by atoms with E-state index in [-0.39, 0.29) is 12.2 Å². The van der Waals surface area contributed by atoms with Crippen LogP contribution in [0.5, 0.6) is 5.75 Å². The minimum absolute atomic E-state index is 0.195. The summed E-state index contributed by atoms with van der Waals surface area (Å²) in [5.41, 5.74) is -1.54. The molecule has 2 aliphatic rings. The Bertz CT molecular complexity index is 816. The fourth-order valence-corrected chi connectivity index (χ4v) is 3.51. The summed E-state index contributed by atoms with van der Waals surface area (Å²) in [4.78, 5) is 36.5. The maximum Gasteiger partial charge on any atom is 0.412 e. The van der Waals surface area contributed by atoms with Gasteiger partial charge in [-0.05, 0) is 26.8 Å². The quantitative estimate of drug-likeness (QED) is 0.524. The molecule has 0 bridgehead atoms. The summed E-state index contributed by atoms with van der Waals surface area (Å²) in [6.45, 7) is 6.28. The van der Waals surface area contributed by atoms with Gasteiger partial charge in [-0.2, -0.15) is 0 Å². The first kappa shape index (κ1) is 19.0. The number of carbonyl (C=O) groups is 3. The molecule has 0 aliphatic carbocycles. The number of carboxylic acids is 1. The number of likely N-dealkylation sites (tertiary alicyclic amines) is 1. The Balaban J connectivity index is 1.97. The van der Waals surface area contributed by atoms with Gasteiger partial charge in [0.25, 0.3) is 0 Å². The number of carboxylic acid groups (broad SMARTS) is 1. The van der Waals surface area contributed by atoms with E-state index in [1.165, 1.54) is 19.1 Å². The van der Waals surface area contributed by atoms with Crippen molar-refractivity contribution in [2.24, 2.45) is 0 Å². The molecule has 1 amide bonds. The Labute approximate surface area is 155 Å². The lowest BCUT2D eigenvalue weighted by atomic mass is 9.91. The van der Waals surface area contributed by atoms with Gasteiger partial charge in [0.15, 0.2) is 0 Å². The number of esters is 1. The fraction of sp³-hybridized carbons (Fsp3) is 0.500. The van der Waals surface area contributed by atoms with Crippen LogP contribution in [0.2, 0.25) is 0 Å². The highest BCUT2D eigenvalue weighted by Crippen LogP contribution is 2.50. The van der Waals surface area contributed by atoms with E-state index in [1.54, 1.807) is 26.8 Å². The molecule has 1 fully saturated rings. The van der Waals surface area contributed by atoms with Crippen LogP contribution in [0.4, 0.5) is 10.5 Å². The predicted octanol–water partition coefficient (Wildman–Crippen LogP) is 1.65. The number of aliphatic carboxylic acids is 1. The zero-order chi connectivity index (χ0) is 20.1. The number of fused-ring (bicyclic) bond motifs is 3. The molecule has 0 spiro atoms. The van der Waals surface area contributed by atoms with Gasteiger partial charge in [-0.15, -0.1) is 0 Å². The third kappa shape index (κ3) is 3.30. The number of hydrogen-bond acceptors (Lipinski definition) is 7. The summed E-state index contributed by atoms with van der Waals surface area (Å²) in [6.07, 6.45) is -2.05. The summed E-state index contributed by atoms with van der Waals surface area (Å²) < 4.78 is 10.4. The topological polar surface area (TPSA) is 125 Å². The SMILES string of the molecule is CC(=O)Oc1ccc2c(c1)NC1N(C(=O)OC(C)(C)C)C(C(=O)O)CC21O. The van der Waals surface area contributed by atoms with Gasteiger partial charge in [-0.1, -0.05) is 6.07 Å². The highest BCUT2D eigenvalue weighted by molar-refractivity contribution is 5.84. The van der Waals surface area contributed by atoms with Gasteiger partial charge < -0.3 is 25.0 Å². The van der Waals surface area contributed by atoms with Crippen LogP contribution in [-0.2, 0) is 19.9 Å². The van der Waals surface area contributed by atoms with Crippen molar-refractivity contribution in [1.82, 2.24) is 4.90 Å². The highest BCUT2D eigenvalue weighted by Gasteiger charge is 2.61. The number of amides is 1. The minimum Gasteiger partial charge on any atom is -0.480 e. The lowest BCUT2D eigenvalue weighted by Gasteiger charge is -2.31. The third-order valence-corrected chi connectivity index (χ3v) is 4.47. The van der Waals surface area contributed by atoms with Crippen molar-refractivity contribution in [2.45, 2.75) is 57.5 Å². The molecule has 9 heteroatoms. The number of ether oxygens (including phenoxy) is 2. The molecule has 2 heterocycles. The van der Waals surface area contributed by atoms with Crippen LogP contribution in [-0.4, -0.2) is 51.0 Å². The molecular formula is C18H22N2O7. The number of carbonyl (C=O) groups excluding carboxylic acids is 2. The number of nitrogens with one attached hydrogen (secondary N) is 1. The van der Waals surface area contributed by atoms with Crippen LogP contribution in [0.1, 0.15) is 39.7 Å². The second kappa shape index (κ2) is 6.12. The van der Waals surface area contributed by atoms with Crippen LogP contribution in [0.25, 0.3) is 0 Å². The average Bonchev–Trinajstić information content (AvgIpc) is 2.93. The molecule has 3 N–H and O–H groups in total. The molecular weight excluding hydrogens is 356 g/mol. The predicted molar refractivity (Wildman–Crippen MR) is 93.2 cm³/mol. The van der Waals surface area contributed by atoms with Crippen molar-refractivity contribution < 1.29 is 34.1 Å².